The summed E-state index contributed by atoms with van der Waals surface area (Å²) in [6, 6.07) is 13.8. The fourth-order valence-corrected chi connectivity index (χ4v) is 2.80. The largest absolute Gasteiger partial charge is 0.422 e. The van der Waals surface area contributed by atoms with Gasteiger partial charge >= 0.3 is 5.63 Å². The van der Waals surface area contributed by atoms with Crippen molar-refractivity contribution in [2.45, 2.75) is 20.8 Å². The maximum absolute atomic E-state index is 12.4. The Hall–Kier alpha value is -2.53. The summed E-state index contributed by atoms with van der Waals surface area (Å²) in [4.78, 5) is 19.0. The van der Waals surface area contributed by atoms with Crippen molar-refractivity contribution in [2.75, 3.05) is 19.0 Å². The van der Waals surface area contributed by atoms with Crippen molar-refractivity contribution >= 4 is 41.6 Å². The van der Waals surface area contributed by atoms with E-state index in [1.165, 1.54) is 5.56 Å². The van der Waals surface area contributed by atoms with Crippen LogP contribution >= 0.6 is 13.5 Å². The van der Waals surface area contributed by atoms with Crippen molar-refractivity contribution in [2.24, 2.45) is 4.99 Å². The molecule has 0 aliphatic heterocycles. The molecule has 0 atom stereocenters. The molecule has 2 aromatic carbocycles. The zero-order valence-electron chi connectivity index (χ0n) is 15.8. The minimum atomic E-state index is -0.366. The topological polar surface area (TPSA) is 45.8 Å². The molecule has 0 aliphatic carbocycles. The van der Waals surface area contributed by atoms with Crippen LogP contribution in [0, 0.1) is 13.8 Å². The normalized spacial score (nSPS) is 11.3. The summed E-state index contributed by atoms with van der Waals surface area (Å²) >= 11 is 0. The first-order chi connectivity index (χ1) is 11.8. The molecule has 1 aromatic heterocycles. The van der Waals surface area contributed by atoms with Crippen LogP contribution in [0.2, 0.25) is 0 Å². The number of aliphatic imine (C=N–C) groups is 1. The molecular formula is C21H24N2O2S. The van der Waals surface area contributed by atoms with Gasteiger partial charge in [-0.1, -0.05) is 17.7 Å². The lowest BCUT2D eigenvalue weighted by molar-refractivity contribution is 0.559. The highest BCUT2D eigenvalue weighted by Crippen LogP contribution is 2.23. The number of anilines is 1. The first kappa shape index (κ1) is 19.8. The van der Waals surface area contributed by atoms with E-state index in [4.69, 9.17) is 4.42 Å². The van der Waals surface area contributed by atoms with Crippen molar-refractivity contribution in [1.82, 2.24) is 0 Å². The maximum Gasteiger partial charge on any atom is 0.345 e. The van der Waals surface area contributed by atoms with Gasteiger partial charge in [0.15, 0.2) is 0 Å². The zero-order chi connectivity index (χ0) is 18.1. The van der Waals surface area contributed by atoms with Gasteiger partial charge in [-0.05, 0) is 50.6 Å². The van der Waals surface area contributed by atoms with Crippen LogP contribution in [0.1, 0.15) is 23.6 Å². The van der Waals surface area contributed by atoms with Crippen LogP contribution in [0.15, 0.2) is 56.7 Å². The van der Waals surface area contributed by atoms with Gasteiger partial charge in [-0.2, -0.15) is 13.5 Å². The Morgan fingerprint density at radius 1 is 1.04 bits per heavy atom. The summed E-state index contributed by atoms with van der Waals surface area (Å²) in [6.07, 6.45) is 0. The predicted octanol–water partition coefficient (Wildman–Crippen LogP) is 4.73. The molecule has 0 N–H and O–H groups in total. The van der Waals surface area contributed by atoms with Gasteiger partial charge in [0, 0.05) is 31.2 Å². The average molecular weight is 369 g/mol. The van der Waals surface area contributed by atoms with E-state index < -0.39 is 0 Å². The van der Waals surface area contributed by atoms with Crippen molar-refractivity contribution in [1.29, 1.82) is 0 Å². The average Bonchev–Trinajstić information content (AvgIpc) is 2.56. The lowest BCUT2D eigenvalue weighted by Crippen LogP contribution is -2.12. The fourth-order valence-electron chi connectivity index (χ4n) is 2.80. The van der Waals surface area contributed by atoms with Gasteiger partial charge < -0.3 is 9.32 Å². The Morgan fingerprint density at radius 2 is 1.77 bits per heavy atom. The molecule has 0 unspecified atom stereocenters. The molecule has 26 heavy (non-hydrogen) atoms. The van der Waals surface area contributed by atoms with E-state index in [0.29, 0.717) is 16.9 Å². The van der Waals surface area contributed by atoms with Crippen LogP contribution in [0.4, 0.5) is 11.4 Å². The van der Waals surface area contributed by atoms with E-state index in [1.807, 2.05) is 76.2 Å². The molecule has 0 fully saturated rings. The summed E-state index contributed by atoms with van der Waals surface area (Å²) in [7, 11) is 3.91. The van der Waals surface area contributed by atoms with E-state index in [2.05, 4.69) is 11.1 Å². The monoisotopic (exact) mass is 368 g/mol. The van der Waals surface area contributed by atoms with E-state index >= 15 is 0 Å². The van der Waals surface area contributed by atoms with Crippen LogP contribution < -0.4 is 10.5 Å². The van der Waals surface area contributed by atoms with Gasteiger partial charge in [0.2, 0.25) is 0 Å². The van der Waals surface area contributed by atoms with Gasteiger partial charge in [-0.15, -0.1) is 0 Å². The molecule has 5 heteroatoms. The van der Waals surface area contributed by atoms with E-state index in [1.54, 1.807) is 0 Å². The third kappa shape index (κ3) is 3.99. The van der Waals surface area contributed by atoms with E-state index in [-0.39, 0.29) is 19.1 Å². The lowest BCUT2D eigenvalue weighted by Gasteiger charge is -2.12. The highest BCUT2D eigenvalue weighted by Gasteiger charge is 2.10. The molecule has 0 aliphatic rings. The summed E-state index contributed by atoms with van der Waals surface area (Å²) < 4.78 is 5.53. The Morgan fingerprint density at radius 3 is 2.42 bits per heavy atom. The van der Waals surface area contributed by atoms with Crippen molar-refractivity contribution < 1.29 is 4.42 Å². The van der Waals surface area contributed by atoms with Gasteiger partial charge in [0.05, 0.1) is 17.0 Å². The molecule has 0 saturated heterocycles. The van der Waals surface area contributed by atoms with Crippen LogP contribution in [0.5, 0.6) is 0 Å². The summed E-state index contributed by atoms with van der Waals surface area (Å²) in [5.74, 6) is 0. The molecule has 0 saturated carbocycles. The first-order valence-corrected chi connectivity index (χ1v) is 8.23. The molecular weight excluding hydrogens is 344 g/mol. The molecule has 0 amide bonds. The van der Waals surface area contributed by atoms with Crippen LogP contribution in [-0.4, -0.2) is 19.8 Å². The van der Waals surface area contributed by atoms with Crippen LogP contribution in [-0.2, 0) is 0 Å². The fraction of sp³-hybridized carbons (Fsp3) is 0.238. The molecule has 4 nitrogen and oxygen atoms in total. The molecule has 3 aromatic rings. The molecule has 1 heterocycles. The first-order valence-electron chi connectivity index (χ1n) is 8.23. The van der Waals surface area contributed by atoms with Crippen molar-refractivity contribution in [3.8, 4) is 0 Å². The maximum atomic E-state index is 12.4. The van der Waals surface area contributed by atoms with Crippen molar-refractivity contribution in [3.05, 3.63) is 69.6 Å². The Balaban J connectivity index is 0.00000243. The summed E-state index contributed by atoms with van der Waals surface area (Å²) in [5, 5.41) is 0.885. The minimum absolute atomic E-state index is 0. The summed E-state index contributed by atoms with van der Waals surface area (Å²) in [6.45, 7) is 5.91. The minimum Gasteiger partial charge on any atom is -0.422 e. The number of rotatable bonds is 3. The molecule has 0 bridgehead atoms. The standard InChI is InChI=1S/C21H22N2O2.H2S/c1-13-6-9-19(14(2)10-13)22-15(3)18-11-16-7-8-17(23(4)5)12-20(16)25-21(18)24;/h6-12H,1-5H3;1H2. The number of nitrogens with zero attached hydrogens (tertiary/aromatic N) is 2. The number of hydrogen-bond acceptors (Lipinski definition) is 4. The lowest BCUT2D eigenvalue weighted by atomic mass is 10.1. The second-order valence-electron chi connectivity index (χ2n) is 6.55. The summed E-state index contributed by atoms with van der Waals surface area (Å²) in [5.41, 5.74) is 5.49. The van der Waals surface area contributed by atoms with Gasteiger partial charge in [-0.3, -0.25) is 4.99 Å². The van der Waals surface area contributed by atoms with Gasteiger partial charge in [-0.25, -0.2) is 4.79 Å². The van der Waals surface area contributed by atoms with Gasteiger partial charge in [0.25, 0.3) is 0 Å². The van der Waals surface area contributed by atoms with E-state index in [9.17, 15) is 4.79 Å². The molecule has 136 valence electrons. The van der Waals surface area contributed by atoms with Crippen molar-refractivity contribution in [3.63, 3.8) is 0 Å². The molecule has 0 spiro atoms. The molecule has 3 rings (SSSR count). The Kier molecular flexibility index (Phi) is 5.93. The third-order valence-corrected chi connectivity index (χ3v) is 4.27. The number of hydrogen-bond donors (Lipinski definition) is 0. The van der Waals surface area contributed by atoms with Crippen LogP contribution in [0.3, 0.4) is 0 Å². The highest BCUT2D eigenvalue weighted by molar-refractivity contribution is 7.59. The zero-order valence-corrected chi connectivity index (χ0v) is 16.8. The number of aryl methyl sites for hydroxylation is 2. The van der Waals surface area contributed by atoms with Crippen LogP contribution in [0.25, 0.3) is 11.0 Å². The predicted molar refractivity (Wildman–Crippen MR) is 115 cm³/mol. The van der Waals surface area contributed by atoms with Gasteiger partial charge in [0.1, 0.15) is 5.58 Å². The SMILES string of the molecule is CC(=Nc1ccc(C)cc1C)c1cc2ccc(N(C)C)cc2oc1=O.S. The Labute approximate surface area is 160 Å². The quantitative estimate of drug-likeness (QED) is 0.496. The molecule has 0 radical (unpaired) electrons. The second kappa shape index (κ2) is 7.79. The number of fused-ring (bicyclic) bond motifs is 1. The smallest absolute Gasteiger partial charge is 0.345 e. The van der Waals surface area contributed by atoms with E-state index in [0.717, 1.165) is 22.3 Å². The third-order valence-electron chi connectivity index (χ3n) is 4.27. The Bertz CT molecular complexity index is 1040. The number of benzene rings is 2. The second-order valence-corrected chi connectivity index (χ2v) is 6.55. The highest BCUT2D eigenvalue weighted by atomic mass is 32.1.